The number of benzene rings is 2. The van der Waals surface area contributed by atoms with Gasteiger partial charge in [-0.15, -0.1) is 0 Å². The molecule has 0 aromatic heterocycles. The van der Waals surface area contributed by atoms with Gasteiger partial charge in [0.1, 0.15) is 11.8 Å². The van der Waals surface area contributed by atoms with Crippen LogP contribution in [0, 0.1) is 6.92 Å². The maximum absolute atomic E-state index is 13.0. The minimum Gasteiger partial charge on any atom is -0.494 e. The summed E-state index contributed by atoms with van der Waals surface area (Å²) in [7, 11) is -3.91. The van der Waals surface area contributed by atoms with Gasteiger partial charge in [0, 0.05) is 19.8 Å². The van der Waals surface area contributed by atoms with E-state index >= 15 is 0 Å². The van der Waals surface area contributed by atoms with E-state index < -0.39 is 16.1 Å². The van der Waals surface area contributed by atoms with Gasteiger partial charge in [-0.2, -0.15) is 4.72 Å². The molecule has 0 bridgehead atoms. The highest BCUT2D eigenvalue weighted by Gasteiger charge is 2.26. The lowest BCUT2D eigenvalue weighted by molar-refractivity contribution is -0.122. The van der Waals surface area contributed by atoms with E-state index in [1.165, 1.54) is 6.07 Å². The molecule has 1 unspecified atom stereocenters. The number of carbonyl (C=O) groups excluding carboxylic acids is 1. The third-order valence-electron chi connectivity index (χ3n) is 4.62. The molecule has 2 N–H and O–H groups in total. The Morgan fingerprint density at radius 3 is 2.45 bits per heavy atom. The number of hydrogen-bond acceptors (Lipinski definition) is 5. The highest BCUT2D eigenvalue weighted by molar-refractivity contribution is 7.89. The van der Waals surface area contributed by atoms with E-state index in [4.69, 9.17) is 9.47 Å². The first kappa shape index (κ1) is 24.8. The zero-order chi connectivity index (χ0) is 22.7. The van der Waals surface area contributed by atoms with Crippen LogP contribution in [0.3, 0.4) is 0 Å². The van der Waals surface area contributed by atoms with Crippen LogP contribution in [0.1, 0.15) is 31.4 Å². The highest BCUT2D eigenvalue weighted by Crippen LogP contribution is 2.22. The zero-order valence-electron chi connectivity index (χ0n) is 18.4. The Kier molecular flexibility index (Phi) is 9.97. The Hall–Kier alpha value is -2.42. The fraction of sp³-hybridized carbons (Fsp3) is 0.435. The van der Waals surface area contributed by atoms with Crippen molar-refractivity contribution in [2.24, 2.45) is 0 Å². The third kappa shape index (κ3) is 7.97. The van der Waals surface area contributed by atoms with Crippen LogP contribution < -0.4 is 14.8 Å². The summed E-state index contributed by atoms with van der Waals surface area (Å²) in [6, 6.07) is 13.0. The first-order chi connectivity index (χ1) is 14.9. The van der Waals surface area contributed by atoms with Crippen molar-refractivity contribution in [1.82, 2.24) is 10.0 Å². The van der Waals surface area contributed by atoms with Crippen molar-refractivity contribution >= 4 is 15.9 Å². The third-order valence-corrected chi connectivity index (χ3v) is 6.09. The van der Waals surface area contributed by atoms with Crippen LogP contribution in [0.25, 0.3) is 0 Å². The van der Waals surface area contributed by atoms with Crippen LogP contribution >= 0.6 is 0 Å². The van der Waals surface area contributed by atoms with E-state index in [2.05, 4.69) is 10.0 Å². The molecule has 0 aliphatic rings. The van der Waals surface area contributed by atoms with Gasteiger partial charge >= 0.3 is 0 Å². The summed E-state index contributed by atoms with van der Waals surface area (Å²) in [6.07, 6.45) is 0.899. The van der Waals surface area contributed by atoms with Crippen molar-refractivity contribution in [2.45, 2.75) is 44.6 Å². The molecule has 31 heavy (non-hydrogen) atoms. The van der Waals surface area contributed by atoms with Crippen molar-refractivity contribution in [2.75, 3.05) is 26.4 Å². The van der Waals surface area contributed by atoms with E-state index in [0.29, 0.717) is 44.1 Å². The summed E-state index contributed by atoms with van der Waals surface area (Å²) >= 11 is 0. The van der Waals surface area contributed by atoms with E-state index in [9.17, 15) is 13.2 Å². The molecule has 1 atom stereocenters. The maximum atomic E-state index is 13.0. The Morgan fingerprint density at radius 2 is 1.81 bits per heavy atom. The van der Waals surface area contributed by atoms with Crippen molar-refractivity contribution in [3.05, 3.63) is 59.7 Å². The number of carbonyl (C=O) groups is 1. The number of hydrogen-bond donors (Lipinski definition) is 2. The lowest BCUT2D eigenvalue weighted by Gasteiger charge is -2.19. The van der Waals surface area contributed by atoms with E-state index in [0.717, 1.165) is 5.56 Å². The van der Waals surface area contributed by atoms with Gasteiger partial charge in [-0.25, -0.2) is 8.42 Å². The summed E-state index contributed by atoms with van der Waals surface area (Å²) in [5, 5.41) is 2.81. The molecule has 0 aliphatic heterocycles. The molecule has 0 saturated heterocycles. The van der Waals surface area contributed by atoms with Gasteiger partial charge < -0.3 is 14.8 Å². The van der Waals surface area contributed by atoms with Crippen LogP contribution in [0.2, 0.25) is 0 Å². The Labute approximate surface area is 185 Å². The molecule has 0 aliphatic carbocycles. The number of amides is 1. The molecule has 2 aromatic carbocycles. The first-order valence-corrected chi connectivity index (χ1v) is 12.0. The molecule has 170 valence electrons. The second-order valence-corrected chi connectivity index (χ2v) is 8.78. The first-order valence-electron chi connectivity index (χ1n) is 10.5. The molecule has 1 amide bonds. The zero-order valence-corrected chi connectivity index (χ0v) is 19.2. The van der Waals surface area contributed by atoms with Gasteiger partial charge in [-0.1, -0.05) is 30.3 Å². The molecule has 0 radical (unpaired) electrons. The molecule has 0 fully saturated rings. The normalized spacial score (nSPS) is 12.4. The van der Waals surface area contributed by atoms with Crippen molar-refractivity contribution in [3.8, 4) is 5.75 Å². The molecule has 2 aromatic rings. The summed E-state index contributed by atoms with van der Waals surface area (Å²) in [4.78, 5) is 12.9. The summed E-state index contributed by atoms with van der Waals surface area (Å²) in [6.45, 7) is 7.63. The van der Waals surface area contributed by atoms with E-state index in [1.807, 2.05) is 44.2 Å². The van der Waals surface area contributed by atoms with Crippen LogP contribution in [0.4, 0.5) is 0 Å². The molecule has 2 rings (SSSR count). The van der Waals surface area contributed by atoms with Gasteiger partial charge in [0.25, 0.3) is 0 Å². The van der Waals surface area contributed by atoms with Crippen LogP contribution in [-0.2, 0) is 26.0 Å². The second-order valence-electron chi connectivity index (χ2n) is 7.07. The largest absolute Gasteiger partial charge is 0.494 e. The highest BCUT2D eigenvalue weighted by atomic mass is 32.2. The average Bonchev–Trinajstić information content (AvgIpc) is 2.75. The van der Waals surface area contributed by atoms with Gasteiger partial charge in [0.15, 0.2) is 0 Å². The standard InChI is InChI=1S/C23H32N2O5S/c1-4-29-15-9-14-24-23(26)21(17-19-10-7-6-8-11-19)25-31(27,28)20-12-13-22(30-5-2)18(3)16-20/h6-8,10-13,16,21,25H,4-5,9,14-15,17H2,1-3H3,(H,24,26). The molecule has 0 spiro atoms. The van der Waals surface area contributed by atoms with Crippen LogP contribution in [-0.4, -0.2) is 46.7 Å². The van der Waals surface area contributed by atoms with Gasteiger partial charge in [0.2, 0.25) is 15.9 Å². The molecule has 0 heterocycles. The minimum atomic E-state index is -3.91. The molecule has 8 heteroatoms. The summed E-state index contributed by atoms with van der Waals surface area (Å²) < 4.78 is 39.4. The fourth-order valence-electron chi connectivity index (χ4n) is 3.05. The summed E-state index contributed by atoms with van der Waals surface area (Å²) in [5.41, 5.74) is 1.58. The monoisotopic (exact) mass is 448 g/mol. The smallest absolute Gasteiger partial charge is 0.241 e. The number of nitrogens with one attached hydrogen (secondary N) is 2. The Balaban J connectivity index is 2.16. The van der Waals surface area contributed by atoms with Crippen LogP contribution in [0.15, 0.2) is 53.4 Å². The lowest BCUT2D eigenvalue weighted by atomic mass is 10.1. The van der Waals surface area contributed by atoms with E-state index in [-0.39, 0.29) is 17.2 Å². The Morgan fingerprint density at radius 1 is 1.06 bits per heavy atom. The molecular weight excluding hydrogens is 416 g/mol. The van der Waals surface area contributed by atoms with E-state index in [1.54, 1.807) is 19.1 Å². The number of rotatable bonds is 13. The fourth-order valence-corrected chi connectivity index (χ4v) is 4.33. The number of sulfonamides is 1. The number of ether oxygens (including phenoxy) is 2. The minimum absolute atomic E-state index is 0.0932. The van der Waals surface area contributed by atoms with Crippen LogP contribution in [0.5, 0.6) is 5.75 Å². The Bertz CT molecular complexity index is 932. The molecule has 0 saturated carbocycles. The van der Waals surface area contributed by atoms with Crippen molar-refractivity contribution in [3.63, 3.8) is 0 Å². The summed E-state index contributed by atoms with van der Waals surface area (Å²) in [5.74, 6) is 0.265. The quantitative estimate of drug-likeness (QED) is 0.460. The topological polar surface area (TPSA) is 93.7 Å². The lowest BCUT2D eigenvalue weighted by Crippen LogP contribution is -2.48. The molecular formula is C23H32N2O5S. The average molecular weight is 449 g/mol. The van der Waals surface area contributed by atoms with Gasteiger partial charge in [-0.05, 0) is 62.9 Å². The number of aryl methyl sites for hydroxylation is 1. The second kappa shape index (κ2) is 12.4. The van der Waals surface area contributed by atoms with Crippen molar-refractivity contribution < 1.29 is 22.7 Å². The predicted molar refractivity (Wildman–Crippen MR) is 121 cm³/mol. The van der Waals surface area contributed by atoms with Crippen molar-refractivity contribution in [1.29, 1.82) is 0 Å². The van der Waals surface area contributed by atoms with Gasteiger partial charge in [-0.3, -0.25) is 4.79 Å². The molecule has 7 nitrogen and oxygen atoms in total. The SMILES string of the molecule is CCOCCCNC(=O)C(Cc1ccccc1)NS(=O)(=O)c1ccc(OCC)c(C)c1. The van der Waals surface area contributed by atoms with Gasteiger partial charge in [0.05, 0.1) is 11.5 Å². The maximum Gasteiger partial charge on any atom is 0.241 e. The predicted octanol–water partition coefficient (Wildman–Crippen LogP) is 2.83.